The minimum atomic E-state index is -0.225. The number of carbonyl (C=O) groups excluding carboxylic acids is 1. The molecule has 0 heterocycles. The zero-order valence-electron chi connectivity index (χ0n) is 11.9. The maximum Gasteiger partial charge on any atom is 0.252 e. The second-order valence-corrected chi connectivity index (χ2v) is 5.78. The lowest BCUT2D eigenvalue weighted by Crippen LogP contribution is -2.59. The van der Waals surface area contributed by atoms with Crippen LogP contribution in [0.1, 0.15) is 48.5 Å². The lowest BCUT2D eigenvalue weighted by atomic mass is 9.73. The Morgan fingerprint density at radius 1 is 1.42 bits per heavy atom. The SMILES string of the molecule is Cc1ccccc1C(=O)NC1(CN)CCCCC1C. The van der Waals surface area contributed by atoms with Crippen LogP contribution in [-0.2, 0) is 0 Å². The Morgan fingerprint density at radius 3 is 2.79 bits per heavy atom. The monoisotopic (exact) mass is 260 g/mol. The highest BCUT2D eigenvalue weighted by molar-refractivity contribution is 5.96. The Morgan fingerprint density at radius 2 is 2.16 bits per heavy atom. The van der Waals surface area contributed by atoms with Crippen LogP contribution >= 0.6 is 0 Å². The van der Waals surface area contributed by atoms with Gasteiger partial charge in [0.15, 0.2) is 0 Å². The van der Waals surface area contributed by atoms with Gasteiger partial charge in [-0.05, 0) is 37.3 Å². The third-order valence-corrected chi connectivity index (χ3v) is 4.57. The molecule has 0 radical (unpaired) electrons. The van der Waals surface area contributed by atoms with Crippen LogP contribution in [0.5, 0.6) is 0 Å². The van der Waals surface area contributed by atoms with Gasteiger partial charge in [0, 0.05) is 12.1 Å². The van der Waals surface area contributed by atoms with Crippen molar-refractivity contribution in [3.05, 3.63) is 35.4 Å². The molecule has 1 aliphatic carbocycles. The summed E-state index contributed by atoms with van der Waals surface area (Å²) in [7, 11) is 0. The maximum atomic E-state index is 12.5. The van der Waals surface area contributed by atoms with Gasteiger partial charge in [0.25, 0.3) is 5.91 Å². The van der Waals surface area contributed by atoms with E-state index in [2.05, 4.69) is 12.2 Å². The molecule has 1 amide bonds. The first-order chi connectivity index (χ1) is 9.09. The molecule has 0 saturated heterocycles. The van der Waals surface area contributed by atoms with Crippen LogP contribution in [0.2, 0.25) is 0 Å². The Balaban J connectivity index is 2.19. The normalized spacial score (nSPS) is 27.0. The molecule has 3 nitrogen and oxygen atoms in total. The smallest absolute Gasteiger partial charge is 0.252 e. The van der Waals surface area contributed by atoms with Crippen molar-refractivity contribution in [3.8, 4) is 0 Å². The fourth-order valence-corrected chi connectivity index (χ4v) is 3.07. The van der Waals surface area contributed by atoms with E-state index in [9.17, 15) is 4.79 Å². The lowest BCUT2D eigenvalue weighted by molar-refractivity contribution is 0.0812. The Bertz CT molecular complexity index is 458. The molecule has 0 bridgehead atoms. The molecule has 0 aliphatic heterocycles. The third-order valence-electron chi connectivity index (χ3n) is 4.57. The molecule has 104 valence electrons. The van der Waals surface area contributed by atoms with Crippen LogP contribution in [0.3, 0.4) is 0 Å². The maximum absolute atomic E-state index is 12.5. The van der Waals surface area contributed by atoms with E-state index in [0.717, 1.165) is 30.4 Å². The van der Waals surface area contributed by atoms with E-state index in [4.69, 9.17) is 5.73 Å². The van der Waals surface area contributed by atoms with Crippen molar-refractivity contribution in [2.24, 2.45) is 11.7 Å². The minimum Gasteiger partial charge on any atom is -0.345 e. The molecule has 0 aromatic heterocycles. The van der Waals surface area contributed by atoms with Gasteiger partial charge in [0.2, 0.25) is 0 Å². The van der Waals surface area contributed by atoms with Gasteiger partial charge in [0.1, 0.15) is 0 Å². The number of aryl methyl sites for hydroxylation is 1. The standard InChI is InChI=1S/C16H24N2O/c1-12-7-3-4-9-14(12)15(19)18-16(11-17)10-6-5-8-13(16)2/h3-4,7,9,13H,5-6,8,10-11,17H2,1-2H3,(H,18,19). The number of hydrogen-bond acceptors (Lipinski definition) is 2. The fraction of sp³-hybridized carbons (Fsp3) is 0.562. The van der Waals surface area contributed by atoms with Crippen LogP contribution in [-0.4, -0.2) is 18.0 Å². The molecule has 1 fully saturated rings. The Kier molecular flexibility index (Phi) is 4.25. The lowest BCUT2D eigenvalue weighted by Gasteiger charge is -2.42. The summed E-state index contributed by atoms with van der Waals surface area (Å²) in [6.07, 6.45) is 4.52. The van der Waals surface area contributed by atoms with Crippen molar-refractivity contribution in [2.45, 2.75) is 45.1 Å². The first kappa shape index (κ1) is 14.1. The first-order valence-electron chi connectivity index (χ1n) is 7.17. The summed E-state index contributed by atoms with van der Waals surface area (Å²) in [6, 6.07) is 7.70. The van der Waals surface area contributed by atoms with E-state index in [1.54, 1.807) is 0 Å². The first-order valence-corrected chi connectivity index (χ1v) is 7.17. The van der Waals surface area contributed by atoms with Gasteiger partial charge in [-0.25, -0.2) is 0 Å². The summed E-state index contributed by atoms with van der Waals surface area (Å²) >= 11 is 0. The van der Waals surface area contributed by atoms with E-state index < -0.39 is 0 Å². The number of carbonyl (C=O) groups is 1. The summed E-state index contributed by atoms with van der Waals surface area (Å²) in [5.74, 6) is 0.455. The summed E-state index contributed by atoms with van der Waals surface area (Å²) in [6.45, 7) is 4.68. The van der Waals surface area contributed by atoms with Crippen molar-refractivity contribution in [1.29, 1.82) is 0 Å². The summed E-state index contributed by atoms with van der Waals surface area (Å²) in [5, 5.41) is 3.22. The van der Waals surface area contributed by atoms with E-state index in [1.807, 2.05) is 31.2 Å². The molecule has 1 aromatic rings. The number of nitrogens with one attached hydrogen (secondary N) is 1. The van der Waals surface area contributed by atoms with Crippen molar-refractivity contribution in [3.63, 3.8) is 0 Å². The molecule has 3 heteroatoms. The largest absolute Gasteiger partial charge is 0.345 e. The molecular weight excluding hydrogens is 236 g/mol. The molecule has 2 unspecified atom stereocenters. The Hall–Kier alpha value is -1.35. The molecule has 2 rings (SSSR count). The van der Waals surface area contributed by atoms with Gasteiger partial charge >= 0.3 is 0 Å². The zero-order chi connectivity index (χ0) is 13.9. The highest BCUT2D eigenvalue weighted by atomic mass is 16.1. The molecule has 19 heavy (non-hydrogen) atoms. The number of benzene rings is 1. The second-order valence-electron chi connectivity index (χ2n) is 5.78. The quantitative estimate of drug-likeness (QED) is 0.877. The van der Waals surface area contributed by atoms with E-state index in [0.29, 0.717) is 12.5 Å². The molecule has 3 N–H and O–H groups in total. The van der Waals surface area contributed by atoms with Crippen molar-refractivity contribution >= 4 is 5.91 Å². The second kappa shape index (κ2) is 5.74. The van der Waals surface area contributed by atoms with Gasteiger partial charge in [-0.3, -0.25) is 4.79 Å². The molecule has 2 atom stereocenters. The third kappa shape index (κ3) is 2.81. The van der Waals surface area contributed by atoms with Crippen LogP contribution in [0.4, 0.5) is 0 Å². The average Bonchev–Trinajstić information content (AvgIpc) is 2.42. The average molecular weight is 260 g/mol. The van der Waals surface area contributed by atoms with Crippen LogP contribution in [0.25, 0.3) is 0 Å². The van der Waals surface area contributed by atoms with E-state index in [1.165, 1.54) is 6.42 Å². The van der Waals surface area contributed by atoms with Crippen molar-refractivity contribution in [2.75, 3.05) is 6.54 Å². The summed E-state index contributed by atoms with van der Waals surface area (Å²) < 4.78 is 0. The van der Waals surface area contributed by atoms with Gasteiger partial charge < -0.3 is 11.1 Å². The minimum absolute atomic E-state index is 0.0114. The van der Waals surface area contributed by atoms with Crippen LogP contribution < -0.4 is 11.1 Å². The molecule has 0 spiro atoms. The van der Waals surface area contributed by atoms with Gasteiger partial charge in [-0.15, -0.1) is 0 Å². The Labute approximate surface area is 115 Å². The molecule has 1 saturated carbocycles. The molecule has 1 aromatic carbocycles. The predicted octanol–water partition coefficient (Wildman–Crippen LogP) is 2.63. The van der Waals surface area contributed by atoms with Crippen LogP contribution in [0.15, 0.2) is 24.3 Å². The van der Waals surface area contributed by atoms with Gasteiger partial charge in [0.05, 0.1) is 5.54 Å². The zero-order valence-corrected chi connectivity index (χ0v) is 11.9. The van der Waals surface area contributed by atoms with Gasteiger partial charge in [-0.1, -0.05) is 38.0 Å². The fourth-order valence-electron chi connectivity index (χ4n) is 3.07. The number of nitrogens with two attached hydrogens (primary N) is 1. The highest BCUT2D eigenvalue weighted by Crippen LogP contribution is 2.33. The molecular formula is C16H24N2O. The van der Waals surface area contributed by atoms with Crippen molar-refractivity contribution in [1.82, 2.24) is 5.32 Å². The summed E-state index contributed by atoms with van der Waals surface area (Å²) in [4.78, 5) is 12.5. The van der Waals surface area contributed by atoms with Gasteiger partial charge in [-0.2, -0.15) is 0 Å². The van der Waals surface area contributed by atoms with E-state index >= 15 is 0 Å². The topological polar surface area (TPSA) is 55.1 Å². The highest BCUT2D eigenvalue weighted by Gasteiger charge is 2.38. The number of hydrogen-bond donors (Lipinski definition) is 2. The summed E-state index contributed by atoms with van der Waals surface area (Å²) in [5.41, 5.74) is 7.52. The number of amides is 1. The number of rotatable bonds is 3. The molecule has 1 aliphatic rings. The predicted molar refractivity (Wildman–Crippen MR) is 78.1 cm³/mol. The van der Waals surface area contributed by atoms with Crippen molar-refractivity contribution < 1.29 is 4.79 Å². The van der Waals surface area contributed by atoms with E-state index in [-0.39, 0.29) is 11.4 Å². The van der Waals surface area contributed by atoms with Crippen LogP contribution in [0, 0.1) is 12.8 Å².